The maximum atomic E-state index is 13.7. The van der Waals surface area contributed by atoms with Gasteiger partial charge in [-0.1, -0.05) is 30.3 Å². The van der Waals surface area contributed by atoms with Gasteiger partial charge in [-0.15, -0.1) is 11.6 Å². The molecule has 1 atom stereocenters. The first kappa shape index (κ1) is 12.5. The van der Waals surface area contributed by atoms with Crippen molar-refractivity contribution in [3.63, 3.8) is 0 Å². The molecule has 0 fully saturated rings. The van der Waals surface area contributed by atoms with Gasteiger partial charge in [0.1, 0.15) is 17.0 Å². The van der Waals surface area contributed by atoms with Gasteiger partial charge < -0.3 is 4.42 Å². The van der Waals surface area contributed by atoms with Gasteiger partial charge in [0.15, 0.2) is 5.22 Å². The van der Waals surface area contributed by atoms with Gasteiger partial charge in [0.25, 0.3) is 0 Å². The Morgan fingerprint density at radius 1 is 0.947 bits per heavy atom. The van der Waals surface area contributed by atoms with Crippen LogP contribution < -0.4 is 0 Å². The third kappa shape index (κ3) is 2.22. The van der Waals surface area contributed by atoms with Crippen LogP contribution in [0.3, 0.4) is 0 Å². The van der Waals surface area contributed by atoms with Crippen molar-refractivity contribution in [2.45, 2.75) is 5.38 Å². The Hall–Kier alpha value is -1.51. The Kier molecular flexibility index (Phi) is 3.21. The second kappa shape index (κ2) is 4.87. The lowest BCUT2D eigenvalue weighted by molar-refractivity contribution is 0.518. The van der Waals surface area contributed by atoms with Crippen LogP contribution in [0.25, 0.3) is 10.8 Å². The van der Waals surface area contributed by atoms with Crippen molar-refractivity contribution in [3.8, 4) is 0 Å². The van der Waals surface area contributed by atoms with Crippen molar-refractivity contribution in [2.75, 3.05) is 0 Å². The maximum absolute atomic E-state index is 13.7. The zero-order chi connectivity index (χ0) is 13.4. The quantitative estimate of drug-likeness (QED) is 0.565. The average molecular weight is 295 g/mol. The van der Waals surface area contributed by atoms with E-state index in [4.69, 9.17) is 27.6 Å². The molecule has 0 aliphatic rings. The van der Waals surface area contributed by atoms with Gasteiger partial charge >= 0.3 is 0 Å². The summed E-state index contributed by atoms with van der Waals surface area (Å²) in [5.74, 6) is 0.282. The Morgan fingerprint density at radius 2 is 1.68 bits per heavy atom. The molecule has 3 aromatic rings. The van der Waals surface area contributed by atoms with E-state index in [1.165, 1.54) is 6.07 Å². The van der Waals surface area contributed by atoms with E-state index < -0.39 is 5.38 Å². The first-order valence-corrected chi connectivity index (χ1v) is 6.54. The highest BCUT2D eigenvalue weighted by molar-refractivity contribution is 6.29. The fraction of sp³-hybridized carbons (Fsp3) is 0.0667. The van der Waals surface area contributed by atoms with Crippen LogP contribution >= 0.6 is 23.2 Å². The monoisotopic (exact) mass is 294 g/mol. The molecule has 2 aromatic carbocycles. The Bertz CT molecular complexity index is 736. The van der Waals surface area contributed by atoms with E-state index in [9.17, 15) is 4.39 Å². The number of halogens is 3. The summed E-state index contributed by atoms with van der Waals surface area (Å²) in [7, 11) is 0. The molecule has 4 heteroatoms. The molecule has 0 aliphatic carbocycles. The summed E-state index contributed by atoms with van der Waals surface area (Å²) >= 11 is 12.2. The van der Waals surface area contributed by atoms with Gasteiger partial charge in [-0.3, -0.25) is 0 Å². The van der Waals surface area contributed by atoms with E-state index >= 15 is 0 Å². The smallest absolute Gasteiger partial charge is 0.193 e. The fourth-order valence-corrected chi connectivity index (χ4v) is 2.58. The van der Waals surface area contributed by atoms with Crippen LogP contribution in [0, 0.1) is 5.82 Å². The molecule has 0 amide bonds. The number of hydrogen-bond donors (Lipinski definition) is 0. The second-order valence-electron chi connectivity index (χ2n) is 4.19. The summed E-state index contributed by atoms with van der Waals surface area (Å²) in [6.45, 7) is 0. The zero-order valence-electron chi connectivity index (χ0n) is 9.74. The summed E-state index contributed by atoms with van der Waals surface area (Å²) in [5, 5.41) is 1.10. The number of benzene rings is 2. The number of hydrogen-bond acceptors (Lipinski definition) is 1. The molecule has 1 nitrogen and oxygen atoms in total. The third-order valence-electron chi connectivity index (χ3n) is 3.02. The predicted molar refractivity (Wildman–Crippen MR) is 75.3 cm³/mol. The summed E-state index contributed by atoms with van der Waals surface area (Å²) < 4.78 is 19.1. The number of furan rings is 1. The molecule has 0 spiro atoms. The molecule has 0 aliphatic heterocycles. The van der Waals surface area contributed by atoms with Crippen LogP contribution in [0.2, 0.25) is 5.22 Å². The normalized spacial score (nSPS) is 12.8. The summed E-state index contributed by atoms with van der Waals surface area (Å²) in [4.78, 5) is 0. The lowest BCUT2D eigenvalue weighted by atomic mass is 10.0. The van der Waals surface area contributed by atoms with Crippen LogP contribution in [0.15, 0.2) is 52.9 Å². The van der Waals surface area contributed by atoms with Crippen LogP contribution in [-0.4, -0.2) is 0 Å². The number of rotatable bonds is 2. The third-order valence-corrected chi connectivity index (χ3v) is 3.67. The molecule has 3 rings (SSSR count). The molecule has 0 saturated heterocycles. The largest absolute Gasteiger partial charge is 0.448 e. The zero-order valence-corrected chi connectivity index (χ0v) is 11.3. The molecule has 1 heterocycles. The van der Waals surface area contributed by atoms with E-state index in [1.807, 2.05) is 12.1 Å². The first-order valence-electron chi connectivity index (χ1n) is 5.73. The summed E-state index contributed by atoms with van der Waals surface area (Å²) in [6.07, 6.45) is 0. The first-order chi connectivity index (χ1) is 9.16. The standard InChI is InChI=1S/C15H9Cl2FO/c16-14-8-7-13(19-14)15(17)11-5-6-12(18)10-4-2-1-3-9(10)11/h1-8,15H. The molecule has 0 radical (unpaired) electrons. The molecule has 96 valence electrons. The Labute approximate surface area is 119 Å². The summed E-state index contributed by atoms with van der Waals surface area (Å²) in [5.41, 5.74) is 0.796. The van der Waals surface area contributed by atoms with Gasteiger partial charge in [0.2, 0.25) is 0 Å². The maximum Gasteiger partial charge on any atom is 0.193 e. The average Bonchev–Trinajstić information content (AvgIpc) is 2.86. The second-order valence-corrected chi connectivity index (χ2v) is 5.00. The minimum absolute atomic E-state index is 0.263. The lowest BCUT2D eigenvalue weighted by Gasteiger charge is -2.11. The molecular weight excluding hydrogens is 286 g/mol. The van der Waals surface area contributed by atoms with Gasteiger partial charge in [-0.05, 0) is 40.7 Å². The Balaban J connectivity index is 2.18. The van der Waals surface area contributed by atoms with Crippen molar-refractivity contribution in [1.29, 1.82) is 0 Å². The van der Waals surface area contributed by atoms with E-state index in [2.05, 4.69) is 0 Å². The predicted octanol–water partition coefficient (Wildman–Crippen LogP) is 5.55. The van der Waals surface area contributed by atoms with E-state index in [0.717, 1.165) is 10.9 Å². The molecule has 0 saturated carbocycles. The van der Waals surface area contributed by atoms with Crippen LogP contribution in [0.5, 0.6) is 0 Å². The van der Waals surface area contributed by atoms with E-state index in [1.54, 1.807) is 30.3 Å². The van der Waals surface area contributed by atoms with Crippen molar-refractivity contribution in [3.05, 3.63) is 70.9 Å². The van der Waals surface area contributed by atoms with Gasteiger partial charge in [-0.25, -0.2) is 4.39 Å². The molecule has 0 bridgehead atoms. The highest BCUT2D eigenvalue weighted by Gasteiger charge is 2.18. The number of alkyl halides is 1. The molecule has 0 N–H and O–H groups in total. The molecular formula is C15H9Cl2FO. The van der Waals surface area contributed by atoms with Gasteiger partial charge in [0.05, 0.1) is 0 Å². The topological polar surface area (TPSA) is 13.1 Å². The van der Waals surface area contributed by atoms with Gasteiger partial charge in [-0.2, -0.15) is 0 Å². The minimum atomic E-state index is -0.502. The van der Waals surface area contributed by atoms with Crippen molar-refractivity contribution in [1.82, 2.24) is 0 Å². The number of fused-ring (bicyclic) bond motifs is 1. The van der Waals surface area contributed by atoms with Gasteiger partial charge in [0, 0.05) is 5.39 Å². The highest BCUT2D eigenvalue weighted by atomic mass is 35.5. The minimum Gasteiger partial charge on any atom is -0.448 e. The fourth-order valence-electron chi connectivity index (χ4n) is 2.12. The Morgan fingerprint density at radius 3 is 2.37 bits per heavy atom. The van der Waals surface area contributed by atoms with E-state index in [0.29, 0.717) is 11.1 Å². The van der Waals surface area contributed by atoms with Crippen LogP contribution in [-0.2, 0) is 0 Å². The van der Waals surface area contributed by atoms with Crippen LogP contribution in [0.4, 0.5) is 4.39 Å². The summed E-state index contributed by atoms with van der Waals surface area (Å²) in [6, 6.07) is 13.7. The lowest BCUT2D eigenvalue weighted by Crippen LogP contribution is -1.94. The van der Waals surface area contributed by atoms with Crippen molar-refractivity contribution < 1.29 is 8.81 Å². The SMILES string of the molecule is Fc1ccc(C(Cl)c2ccc(Cl)o2)c2ccccc12. The highest BCUT2D eigenvalue weighted by Crippen LogP contribution is 2.36. The molecule has 1 unspecified atom stereocenters. The van der Waals surface area contributed by atoms with E-state index in [-0.39, 0.29) is 11.0 Å². The van der Waals surface area contributed by atoms with Crippen molar-refractivity contribution >= 4 is 34.0 Å². The van der Waals surface area contributed by atoms with Crippen LogP contribution in [0.1, 0.15) is 16.7 Å². The molecule has 1 aromatic heterocycles. The molecule has 19 heavy (non-hydrogen) atoms. The van der Waals surface area contributed by atoms with Crippen molar-refractivity contribution in [2.24, 2.45) is 0 Å².